The van der Waals surface area contributed by atoms with Crippen molar-refractivity contribution in [3.8, 4) is 5.75 Å². The lowest BCUT2D eigenvalue weighted by Crippen LogP contribution is -2.44. The summed E-state index contributed by atoms with van der Waals surface area (Å²) in [7, 11) is -3.72. The normalized spacial score (nSPS) is 20.1. The average Bonchev–Trinajstić information content (AvgIpc) is 3.25. The van der Waals surface area contributed by atoms with Crippen molar-refractivity contribution in [2.45, 2.75) is 44.6 Å². The summed E-state index contributed by atoms with van der Waals surface area (Å²) in [6, 6.07) is 3.88. The first-order chi connectivity index (χ1) is 14.8. The summed E-state index contributed by atoms with van der Waals surface area (Å²) in [4.78, 5) is 27.2. The maximum Gasteiger partial charge on any atom is 0.247 e. The van der Waals surface area contributed by atoms with Crippen LogP contribution in [0.15, 0.2) is 23.1 Å². The van der Waals surface area contributed by atoms with E-state index in [1.165, 1.54) is 16.4 Å². The Labute approximate surface area is 183 Å². The summed E-state index contributed by atoms with van der Waals surface area (Å²) < 4.78 is 38.3. The van der Waals surface area contributed by atoms with Gasteiger partial charge in [0.2, 0.25) is 21.8 Å². The molecule has 0 spiro atoms. The molecule has 31 heavy (non-hydrogen) atoms. The van der Waals surface area contributed by atoms with Crippen molar-refractivity contribution >= 4 is 27.5 Å². The van der Waals surface area contributed by atoms with Crippen LogP contribution in [0.1, 0.15) is 33.6 Å². The third-order valence-electron chi connectivity index (χ3n) is 5.45. The Morgan fingerprint density at radius 1 is 1.23 bits per heavy atom. The third kappa shape index (κ3) is 5.19. The summed E-state index contributed by atoms with van der Waals surface area (Å²) in [5.41, 5.74) is 0.282. The van der Waals surface area contributed by atoms with Gasteiger partial charge >= 0.3 is 0 Å². The minimum atomic E-state index is -3.72. The van der Waals surface area contributed by atoms with Crippen LogP contribution in [-0.4, -0.2) is 74.9 Å². The van der Waals surface area contributed by atoms with E-state index in [0.29, 0.717) is 38.5 Å². The first-order valence-corrected chi connectivity index (χ1v) is 12.2. The molecule has 2 heterocycles. The molecular formula is C21H31N3O6S. The number of carbonyl (C=O) groups is 2. The number of nitrogens with zero attached hydrogens (tertiary/aromatic N) is 2. The molecule has 1 aromatic carbocycles. The minimum absolute atomic E-state index is 0.0636. The van der Waals surface area contributed by atoms with E-state index in [1.807, 2.05) is 20.8 Å². The molecule has 2 fully saturated rings. The molecule has 3 rings (SSSR count). The van der Waals surface area contributed by atoms with E-state index in [4.69, 9.17) is 9.47 Å². The Bertz CT molecular complexity index is 912. The Morgan fingerprint density at radius 2 is 1.94 bits per heavy atom. The number of sulfonamides is 1. The number of benzene rings is 1. The predicted molar refractivity (Wildman–Crippen MR) is 115 cm³/mol. The van der Waals surface area contributed by atoms with Crippen LogP contribution in [0, 0.1) is 5.92 Å². The summed E-state index contributed by atoms with van der Waals surface area (Å²) in [5.74, 6) is -0.217. The number of hydrogen-bond acceptors (Lipinski definition) is 6. The van der Waals surface area contributed by atoms with Crippen molar-refractivity contribution in [3.05, 3.63) is 18.2 Å². The quantitative estimate of drug-likeness (QED) is 0.674. The van der Waals surface area contributed by atoms with Crippen LogP contribution in [0.25, 0.3) is 0 Å². The van der Waals surface area contributed by atoms with Gasteiger partial charge in [-0.25, -0.2) is 8.42 Å². The Balaban J connectivity index is 1.86. The van der Waals surface area contributed by atoms with Gasteiger partial charge in [-0.05, 0) is 38.0 Å². The fourth-order valence-corrected chi connectivity index (χ4v) is 5.27. The van der Waals surface area contributed by atoms with E-state index >= 15 is 0 Å². The van der Waals surface area contributed by atoms with Crippen LogP contribution >= 0.6 is 0 Å². The molecule has 2 saturated heterocycles. The molecular weight excluding hydrogens is 422 g/mol. The average molecular weight is 454 g/mol. The molecule has 0 saturated carbocycles. The molecule has 1 atom stereocenters. The van der Waals surface area contributed by atoms with Gasteiger partial charge in [-0.15, -0.1) is 0 Å². The highest BCUT2D eigenvalue weighted by atomic mass is 32.2. The van der Waals surface area contributed by atoms with Gasteiger partial charge in [0.05, 0.1) is 30.4 Å². The van der Waals surface area contributed by atoms with Crippen LogP contribution in [0.3, 0.4) is 0 Å². The number of morpholine rings is 1. The molecule has 9 nitrogen and oxygen atoms in total. The Kier molecular flexibility index (Phi) is 7.55. The summed E-state index contributed by atoms with van der Waals surface area (Å²) in [5, 5.41) is 2.81. The maximum atomic E-state index is 13.0. The van der Waals surface area contributed by atoms with Gasteiger partial charge in [-0.3, -0.25) is 9.59 Å². The summed E-state index contributed by atoms with van der Waals surface area (Å²) >= 11 is 0. The van der Waals surface area contributed by atoms with Crippen molar-refractivity contribution < 1.29 is 27.5 Å². The van der Waals surface area contributed by atoms with Gasteiger partial charge in [0.15, 0.2) is 0 Å². The number of ether oxygens (including phenoxy) is 2. The lowest BCUT2D eigenvalue weighted by molar-refractivity contribution is -0.139. The van der Waals surface area contributed by atoms with Crippen molar-refractivity contribution in [2.75, 3.05) is 44.8 Å². The maximum absolute atomic E-state index is 13.0. The number of hydrogen-bond donors (Lipinski definition) is 1. The minimum Gasteiger partial charge on any atom is -0.492 e. The van der Waals surface area contributed by atoms with Crippen molar-refractivity contribution in [3.63, 3.8) is 0 Å². The molecule has 0 bridgehead atoms. The molecule has 2 aliphatic rings. The van der Waals surface area contributed by atoms with Gasteiger partial charge in [-0.2, -0.15) is 4.31 Å². The summed E-state index contributed by atoms with van der Waals surface area (Å²) in [6.45, 7) is 7.59. The van der Waals surface area contributed by atoms with Gasteiger partial charge in [0.25, 0.3) is 0 Å². The molecule has 1 unspecified atom stereocenters. The molecule has 172 valence electrons. The second kappa shape index (κ2) is 9.97. The SMILES string of the molecule is CCOc1ccc(S(=O)(=O)N2CCOCC2)cc1NC(=O)C1CCCN1C(=O)C(C)C. The first-order valence-electron chi connectivity index (χ1n) is 10.7. The van der Waals surface area contributed by atoms with Crippen LogP contribution < -0.4 is 10.1 Å². The predicted octanol–water partition coefficient (Wildman–Crippen LogP) is 1.69. The Morgan fingerprint density at radius 3 is 2.58 bits per heavy atom. The number of rotatable bonds is 7. The number of likely N-dealkylation sites (tertiary alicyclic amines) is 1. The third-order valence-corrected chi connectivity index (χ3v) is 7.34. The zero-order chi connectivity index (χ0) is 22.6. The molecule has 0 radical (unpaired) electrons. The number of anilines is 1. The Hall–Kier alpha value is -2.17. The van der Waals surface area contributed by atoms with Gasteiger partial charge in [0.1, 0.15) is 11.8 Å². The van der Waals surface area contributed by atoms with Crippen LogP contribution in [0.2, 0.25) is 0 Å². The second-order valence-corrected chi connectivity index (χ2v) is 9.88. The van der Waals surface area contributed by atoms with Gasteiger partial charge < -0.3 is 19.7 Å². The molecule has 1 N–H and O–H groups in total. The van der Waals surface area contributed by atoms with Crippen molar-refractivity contribution in [1.82, 2.24) is 9.21 Å². The van der Waals surface area contributed by atoms with E-state index in [-0.39, 0.29) is 41.4 Å². The van der Waals surface area contributed by atoms with E-state index in [1.54, 1.807) is 11.0 Å². The van der Waals surface area contributed by atoms with Crippen molar-refractivity contribution in [1.29, 1.82) is 0 Å². The fourth-order valence-electron chi connectivity index (χ4n) is 3.84. The number of carbonyl (C=O) groups excluding carboxylic acids is 2. The monoisotopic (exact) mass is 453 g/mol. The van der Waals surface area contributed by atoms with Gasteiger partial charge in [0, 0.05) is 25.6 Å². The van der Waals surface area contributed by atoms with Crippen LogP contribution in [0.5, 0.6) is 5.75 Å². The zero-order valence-electron chi connectivity index (χ0n) is 18.3. The highest BCUT2D eigenvalue weighted by molar-refractivity contribution is 7.89. The lowest BCUT2D eigenvalue weighted by atomic mass is 10.1. The fraction of sp³-hybridized carbons (Fsp3) is 0.619. The number of amides is 2. The van der Waals surface area contributed by atoms with Crippen molar-refractivity contribution in [2.24, 2.45) is 5.92 Å². The number of nitrogens with one attached hydrogen (secondary N) is 1. The smallest absolute Gasteiger partial charge is 0.247 e. The van der Waals surface area contributed by atoms with Gasteiger partial charge in [-0.1, -0.05) is 13.8 Å². The molecule has 0 aromatic heterocycles. The highest BCUT2D eigenvalue weighted by Crippen LogP contribution is 2.31. The molecule has 1 aromatic rings. The molecule has 2 aliphatic heterocycles. The largest absolute Gasteiger partial charge is 0.492 e. The first kappa shape index (κ1) is 23.5. The standard InChI is InChI=1S/C21H31N3O6S/c1-4-30-19-8-7-16(31(27,28)23-10-12-29-13-11-23)14-17(19)22-20(25)18-6-5-9-24(18)21(26)15(2)3/h7-8,14-15,18H,4-6,9-13H2,1-3H3,(H,22,25). The van der Waals surface area contributed by atoms with E-state index in [2.05, 4.69) is 5.32 Å². The second-order valence-electron chi connectivity index (χ2n) is 7.94. The lowest BCUT2D eigenvalue weighted by Gasteiger charge is -2.27. The topological polar surface area (TPSA) is 105 Å². The zero-order valence-corrected chi connectivity index (χ0v) is 19.1. The van der Waals surface area contributed by atoms with Crippen LogP contribution in [0.4, 0.5) is 5.69 Å². The van der Waals surface area contributed by atoms with E-state index < -0.39 is 16.1 Å². The molecule has 10 heteroatoms. The highest BCUT2D eigenvalue weighted by Gasteiger charge is 2.35. The molecule has 2 amide bonds. The molecule has 0 aliphatic carbocycles. The van der Waals surface area contributed by atoms with E-state index in [0.717, 1.165) is 6.42 Å². The summed E-state index contributed by atoms with van der Waals surface area (Å²) in [6.07, 6.45) is 1.32. The van der Waals surface area contributed by atoms with E-state index in [9.17, 15) is 18.0 Å². The van der Waals surface area contributed by atoms with Crippen LogP contribution in [-0.2, 0) is 24.3 Å².